The third-order valence-electron chi connectivity index (χ3n) is 3.07. The van der Waals surface area contributed by atoms with Gasteiger partial charge in [-0.1, -0.05) is 37.3 Å². The number of nitrogens with zero attached hydrogens (tertiary/aromatic N) is 1. The summed E-state index contributed by atoms with van der Waals surface area (Å²) in [6, 6.07) is 13.8. The Labute approximate surface area is 107 Å². The standard InChI is InChI=1S/C15H18N2O/c1-12(13-6-4-3-5-7-13)10-16-14-8-9-15(18)17(2)11-14/h3-9,11-12,16H,10H2,1-2H3. The van der Waals surface area contributed by atoms with Crippen molar-refractivity contribution in [3.63, 3.8) is 0 Å². The van der Waals surface area contributed by atoms with Crippen LogP contribution in [0.25, 0.3) is 0 Å². The van der Waals surface area contributed by atoms with Crippen molar-refractivity contribution in [2.75, 3.05) is 11.9 Å². The Balaban J connectivity index is 1.99. The average Bonchev–Trinajstić information content (AvgIpc) is 2.41. The molecule has 0 radical (unpaired) electrons. The Morgan fingerprint density at radius 1 is 1.17 bits per heavy atom. The highest BCUT2D eigenvalue weighted by atomic mass is 16.1. The molecule has 1 N–H and O–H groups in total. The minimum Gasteiger partial charge on any atom is -0.383 e. The molecular formula is C15H18N2O. The average molecular weight is 242 g/mol. The summed E-state index contributed by atoms with van der Waals surface area (Å²) in [5.74, 6) is 0.434. The lowest BCUT2D eigenvalue weighted by Gasteiger charge is -2.14. The molecule has 1 aromatic heterocycles. The van der Waals surface area contributed by atoms with Crippen molar-refractivity contribution in [3.05, 3.63) is 64.6 Å². The van der Waals surface area contributed by atoms with Gasteiger partial charge in [-0.25, -0.2) is 0 Å². The third-order valence-corrected chi connectivity index (χ3v) is 3.07. The molecule has 3 heteroatoms. The second kappa shape index (κ2) is 5.54. The molecule has 0 saturated heterocycles. The maximum atomic E-state index is 11.3. The van der Waals surface area contributed by atoms with Gasteiger partial charge in [0.1, 0.15) is 0 Å². The molecule has 0 aliphatic heterocycles. The first-order chi connectivity index (χ1) is 8.66. The van der Waals surface area contributed by atoms with Crippen LogP contribution in [0.4, 0.5) is 5.69 Å². The lowest BCUT2D eigenvalue weighted by atomic mass is 10.0. The summed E-state index contributed by atoms with van der Waals surface area (Å²) in [7, 11) is 1.76. The van der Waals surface area contributed by atoms with E-state index in [2.05, 4.69) is 36.5 Å². The number of rotatable bonds is 4. The molecule has 1 atom stereocenters. The van der Waals surface area contributed by atoms with Gasteiger partial charge in [0.05, 0.1) is 5.69 Å². The lowest BCUT2D eigenvalue weighted by molar-refractivity contribution is 0.798. The Bertz CT molecular complexity index is 560. The molecule has 18 heavy (non-hydrogen) atoms. The van der Waals surface area contributed by atoms with Crippen LogP contribution in [0.5, 0.6) is 0 Å². The summed E-state index contributed by atoms with van der Waals surface area (Å²) in [6.45, 7) is 3.03. The Morgan fingerprint density at radius 2 is 1.89 bits per heavy atom. The van der Waals surface area contributed by atoms with Gasteiger partial charge in [-0.15, -0.1) is 0 Å². The maximum absolute atomic E-state index is 11.3. The van der Waals surface area contributed by atoms with Gasteiger partial charge in [-0.3, -0.25) is 4.79 Å². The van der Waals surface area contributed by atoms with E-state index in [4.69, 9.17) is 0 Å². The highest BCUT2D eigenvalue weighted by Crippen LogP contribution is 2.15. The molecule has 0 amide bonds. The van der Waals surface area contributed by atoms with Crippen molar-refractivity contribution in [1.82, 2.24) is 4.57 Å². The molecule has 94 valence electrons. The van der Waals surface area contributed by atoms with E-state index < -0.39 is 0 Å². The predicted molar refractivity (Wildman–Crippen MR) is 75.0 cm³/mol. The molecule has 2 aromatic rings. The smallest absolute Gasteiger partial charge is 0.250 e. The summed E-state index contributed by atoms with van der Waals surface area (Å²) >= 11 is 0. The number of aryl methyl sites for hydroxylation is 1. The van der Waals surface area contributed by atoms with Gasteiger partial charge in [-0.05, 0) is 17.5 Å². The Morgan fingerprint density at radius 3 is 2.56 bits per heavy atom. The van der Waals surface area contributed by atoms with E-state index in [1.54, 1.807) is 17.7 Å². The summed E-state index contributed by atoms with van der Waals surface area (Å²) in [5.41, 5.74) is 2.30. The number of hydrogen-bond acceptors (Lipinski definition) is 2. The number of benzene rings is 1. The number of hydrogen-bond donors (Lipinski definition) is 1. The highest BCUT2D eigenvalue weighted by Gasteiger charge is 2.04. The van der Waals surface area contributed by atoms with E-state index in [-0.39, 0.29) is 5.56 Å². The molecule has 1 aromatic carbocycles. The molecule has 0 fully saturated rings. The van der Waals surface area contributed by atoms with E-state index in [0.29, 0.717) is 5.92 Å². The zero-order valence-electron chi connectivity index (χ0n) is 10.8. The minimum atomic E-state index is 0.0108. The molecule has 0 bridgehead atoms. The van der Waals surface area contributed by atoms with Crippen LogP contribution in [0.15, 0.2) is 53.5 Å². The van der Waals surface area contributed by atoms with Crippen molar-refractivity contribution in [2.24, 2.45) is 7.05 Å². The molecule has 0 aliphatic carbocycles. The van der Waals surface area contributed by atoms with Crippen LogP contribution in [0.2, 0.25) is 0 Å². The quantitative estimate of drug-likeness (QED) is 0.894. The molecule has 3 nitrogen and oxygen atoms in total. The van der Waals surface area contributed by atoms with Gasteiger partial charge >= 0.3 is 0 Å². The summed E-state index contributed by atoms with van der Waals surface area (Å²) in [6.07, 6.45) is 1.82. The van der Waals surface area contributed by atoms with Crippen LogP contribution < -0.4 is 10.9 Å². The topological polar surface area (TPSA) is 34.0 Å². The molecule has 1 heterocycles. The van der Waals surface area contributed by atoms with E-state index >= 15 is 0 Å². The molecule has 1 unspecified atom stereocenters. The van der Waals surface area contributed by atoms with Crippen LogP contribution in [0.3, 0.4) is 0 Å². The van der Waals surface area contributed by atoms with Crippen LogP contribution in [-0.4, -0.2) is 11.1 Å². The van der Waals surface area contributed by atoms with Crippen molar-refractivity contribution >= 4 is 5.69 Å². The van der Waals surface area contributed by atoms with Crippen LogP contribution in [-0.2, 0) is 7.05 Å². The van der Waals surface area contributed by atoms with Crippen molar-refractivity contribution in [2.45, 2.75) is 12.8 Å². The van der Waals surface area contributed by atoms with Gasteiger partial charge in [0, 0.05) is 25.9 Å². The first-order valence-electron chi connectivity index (χ1n) is 6.12. The van der Waals surface area contributed by atoms with Crippen molar-refractivity contribution < 1.29 is 0 Å². The monoisotopic (exact) mass is 242 g/mol. The third kappa shape index (κ3) is 3.00. The predicted octanol–water partition coefficient (Wildman–Crippen LogP) is 2.60. The minimum absolute atomic E-state index is 0.0108. The van der Waals surface area contributed by atoms with E-state index in [1.165, 1.54) is 5.56 Å². The fourth-order valence-electron chi connectivity index (χ4n) is 1.87. The largest absolute Gasteiger partial charge is 0.383 e. The van der Waals surface area contributed by atoms with E-state index in [9.17, 15) is 4.79 Å². The lowest BCUT2D eigenvalue weighted by Crippen LogP contribution is -2.16. The SMILES string of the molecule is CC(CNc1ccc(=O)n(C)c1)c1ccccc1. The summed E-state index contributed by atoms with van der Waals surface area (Å²) in [5, 5.41) is 3.35. The molecular weight excluding hydrogens is 224 g/mol. The first kappa shape index (κ1) is 12.4. The number of nitrogens with one attached hydrogen (secondary N) is 1. The fraction of sp³-hybridized carbons (Fsp3) is 0.267. The van der Waals surface area contributed by atoms with Gasteiger partial charge < -0.3 is 9.88 Å². The molecule has 0 aliphatic rings. The molecule has 2 rings (SSSR count). The molecule has 0 spiro atoms. The van der Waals surface area contributed by atoms with Gasteiger partial charge in [-0.2, -0.15) is 0 Å². The number of aromatic nitrogens is 1. The number of pyridine rings is 1. The zero-order valence-corrected chi connectivity index (χ0v) is 10.8. The highest BCUT2D eigenvalue weighted by molar-refractivity contribution is 5.40. The zero-order chi connectivity index (χ0) is 13.0. The summed E-state index contributed by atoms with van der Waals surface area (Å²) < 4.78 is 1.58. The number of anilines is 1. The molecule has 0 saturated carbocycles. The second-order valence-electron chi connectivity index (χ2n) is 4.56. The van der Waals surface area contributed by atoms with Crippen LogP contribution in [0.1, 0.15) is 18.4 Å². The van der Waals surface area contributed by atoms with E-state index in [1.807, 2.05) is 18.3 Å². The van der Waals surface area contributed by atoms with Gasteiger partial charge in [0.2, 0.25) is 5.56 Å². The Kier molecular flexibility index (Phi) is 3.82. The second-order valence-corrected chi connectivity index (χ2v) is 4.56. The van der Waals surface area contributed by atoms with E-state index in [0.717, 1.165) is 12.2 Å². The fourth-order valence-corrected chi connectivity index (χ4v) is 1.87. The van der Waals surface area contributed by atoms with Gasteiger partial charge in [0.15, 0.2) is 0 Å². The van der Waals surface area contributed by atoms with Crippen LogP contribution in [0, 0.1) is 0 Å². The van der Waals surface area contributed by atoms with Gasteiger partial charge in [0.25, 0.3) is 0 Å². The van der Waals surface area contributed by atoms with Crippen LogP contribution >= 0.6 is 0 Å². The normalized spacial score (nSPS) is 12.1. The Hall–Kier alpha value is -2.03. The summed E-state index contributed by atoms with van der Waals surface area (Å²) in [4.78, 5) is 11.3. The van der Waals surface area contributed by atoms with Crippen molar-refractivity contribution in [1.29, 1.82) is 0 Å². The van der Waals surface area contributed by atoms with Crippen molar-refractivity contribution in [3.8, 4) is 0 Å². The first-order valence-corrected chi connectivity index (χ1v) is 6.12. The maximum Gasteiger partial charge on any atom is 0.250 e.